The Bertz CT molecular complexity index is 434. The van der Waals surface area contributed by atoms with Crippen LogP contribution in [-0.4, -0.2) is 32.7 Å². The summed E-state index contributed by atoms with van der Waals surface area (Å²) in [5.41, 5.74) is 8.38. The molecular formula is C15H22N2O2. The van der Waals surface area contributed by atoms with Gasteiger partial charge in [-0.3, -0.25) is 4.79 Å². The van der Waals surface area contributed by atoms with Crippen molar-refractivity contribution < 1.29 is 9.53 Å². The Morgan fingerprint density at radius 2 is 2.26 bits per heavy atom. The summed E-state index contributed by atoms with van der Waals surface area (Å²) in [6.07, 6.45) is 2.33. The summed E-state index contributed by atoms with van der Waals surface area (Å²) in [5.74, 6) is 0.394. The van der Waals surface area contributed by atoms with E-state index in [0.717, 1.165) is 32.5 Å². The summed E-state index contributed by atoms with van der Waals surface area (Å²) in [4.78, 5) is 13.5. The predicted molar refractivity (Wildman–Crippen MR) is 76.3 cm³/mol. The zero-order valence-electron chi connectivity index (χ0n) is 11.5. The van der Waals surface area contributed by atoms with Crippen molar-refractivity contribution in [2.75, 3.05) is 31.6 Å². The van der Waals surface area contributed by atoms with Crippen molar-refractivity contribution in [1.82, 2.24) is 0 Å². The van der Waals surface area contributed by atoms with Crippen LogP contribution < -0.4 is 10.6 Å². The topological polar surface area (TPSA) is 55.6 Å². The maximum absolute atomic E-state index is 11.1. The lowest BCUT2D eigenvalue weighted by Crippen LogP contribution is -2.24. The molecule has 0 aromatic heterocycles. The lowest BCUT2D eigenvalue weighted by Gasteiger charge is -2.19. The molecule has 0 spiro atoms. The lowest BCUT2D eigenvalue weighted by atomic mass is 9.98. The van der Waals surface area contributed by atoms with E-state index < -0.39 is 0 Å². The average Bonchev–Trinajstić information content (AvgIpc) is 2.78. The van der Waals surface area contributed by atoms with Gasteiger partial charge in [0.25, 0.3) is 0 Å². The Labute approximate surface area is 114 Å². The normalized spacial score (nSPS) is 17.4. The van der Waals surface area contributed by atoms with E-state index in [1.807, 2.05) is 0 Å². The molecule has 2 N–H and O–H groups in total. The molecule has 0 radical (unpaired) electrons. The third-order valence-electron chi connectivity index (χ3n) is 3.71. The number of fused-ring (bicyclic) bond motifs is 1. The summed E-state index contributed by atoms with van der Waals surface area (Å²) >= 11 is 0. The number of nitrogens with two attached hydrogens (primary N) is 1. The fraction of sp³-hybridized carbons (Fsp3) is 0.533. The first-order chi connectivity index (χ1) is 9.26. The van der Waals surface area contributed by atoms with E-state index in [-0.39, 0.29) is 5.97 Å². The van der Waals surface area contributed by atoms with Gasteiger partial charge in [-0.2, -0.15) is 0 Å². The van der Waals surface area contributed by atoms with Crippen LogP contribution in [0.3, 0.4) is 0 Å². The van der Waals surface area contributed by atoms with Gasteiger partial charge >= 0.3 is 5.97 Å². The fourth-order valence-corrected chi connectivity index (χ4v) is 2.76. The number of ether oxygens (including phenoxy) is 1. The second kappa shape index (κ2) is 6.57. The quantitative estimate of drug-likeness (QED) is 0.795. The Balaban J connectivity index is 1.97. The van der Waals surface area contributed by atoms with Gasteiger partial charge in [-0.25, -0.2) is 0 Å². The molecule has 1 aliphatic rings. The van der Waals surface area contributed by atoms with Gasteiger partial charge in [0, 0.05) is 31.1 Å². The van der Waals surface area contributed by atoms with Crippen LogP contribution in [-0.2, 0) is 9.53 Å². The summed E-state index contributed by atoms with van der Waals surface area (Å²) in [6, 6.07) is 8.50. The van der Waals surface area contributed by atoms with Gasteiger partial charge in [0.2, 0.25) is 0 Å². The molecule has 0 aliphatic carbocycles. The van der Waals surface area contributed by atoms with Crippen molar-refractivity contribution in [1.29, 1.82) is 0 Å². The largest absolute Gasteiger partial charge is 0.469 e. The van der Waals surface area contributed by atoms with Crippen LogP contribution in [0.2, 0.25) is 0 Å². The Kier molecular flexibility index (Phi) is 4.80. The molecule has 0 amide bonds. The van der Waals surface area contributed by atoms with E-state index in [2.05, 4.69) is 33.9 Å². The highest BCUT2D eigenvalue weighted by molar-refractivity contribution is 5.69. The van der Waals surface area contributed by atoms with Gasteiger partial charge in [-0.1, -0.05) is 18.2 Å². The molecule has 1 heterocycles. The summed E-state index contributed by atoms with van der Waals surface area (Å²) in [6.45, 7) is 2.62. The zero-order chi connectivity index (χ0) is 13.7. The molecule has 0 saturated heterocycles. The second-order valence-electron chi connectivity index (χ2n) is 4.96. The summed E-state index contributed by atoms with van der Waals surface area (Å²) in [5, 5.41) is 0. The van der Waals surface area contributed by atoms with Gasteiger partial charge < -0.3 is 15.4 Å². The molecule has 0 bridgehead atoms. The van der Waals surface area contributed by atoms with Crippen LogP contribution in [0.15, 0.2) is 24.3 Å². The molecule has 4 heteroatoms. The minimum absolute atomic E-state index is 0.133. The van der Waals surface area contributed by atoms with E-state index >= 15 is 0 Å². The number of carbonyl (C=O) groups excluding carboxylic acids is 1. The van der Waals surface area contributed by atoms with E-state index in [0.29, 0.717) is 12.3 Å². The van der Waals surface area contributed by atoms with Crippen molar-refractivity contribution in [2.24, 2.45) is 5.73 Å². The van der Waals surface area contributed by atoms with Crippen molar-refractivity contribution in [3.8, 4) is 0 Å². The number of benzene rings is 1. The van der Waals surface area contributed by atoms with Crippen LogP contribution in [0.1, 0.15) is 30.7 Å². The number of methoxy groups -OCH3 is 1. The maximum atomic E-state index is 11.1. The van der Waals surface area contributed by atoms with Crippen molar-refractivity contribution >= 4 is 11.7 Å². The van der Waals surface area contributed by atoms with Crippen LogP contribution in [0.25, 0.3) is 0 Å². The highest BCUT2D eigenvalue weighted by Gasteiger charge is 2.27. The van der Waals surface area contributed by atoms with E-state index in [1.165, 1.54) is 18.4 Å². The Morgan fingerprint density at radius 1 is 1.47 bits per heavy atom. The Morgan fingerprint density at radius 3 is 3.00 bits per heavy atom. The number of hydrogen-bond donors (Lipinski definition) is 1. The SMILES string of the molecule is COC(=O)CCCN1CC(CCN)c2ccccc21. The summed E-state index contributed by atoms with van der Waals surface area (Å²) < 4.78 is 4.67. The fourth-order valence-electron chi connectivity index (χ4n) is 2.76. The van der Waals surface area contributed by atoms with Gasteiger partial charge in [0.1, 0.15) is 0 Å². The minimum Gasteiger partial charge on any atom is -0.469 e. The van der Waals surface area contributed by atoms with E-state index in [9.17, 15) is 4.79 Å². The second-order valence-corrected chi connectivity index (χ2v) is 4.96. The maximum Gasteiger partial charge on any atom is 0.305 e. The summed E-state index contributed by atoms with van der Waals surface area (Å²) in [7, 11) is 1.44. The van der Waals surface area contributed by atoms with Gasteiger partial charge in [-0.05, 0) is 31.0 Å². The smallest absolute Gasteiger partial charge is 0.305 e. The van der Waals surface area contributed by atoms with Crippen LogP contribution in [0.5, 0.6) is 0 Å². The first-order valence-corrected chi connectivity index (χ1v) is 6.87. The number of esters is 1. The zero-order valence-corrected chi connectivity index (χ0v) is 11.5. The van der Waals surface area contributed by atoms with Crippen LogP contribution >= 0.6 is 0 Å². The molecule has 1 aromatic carbocycles. The number of anilines is 1. The first kappa shape index (κ1) is 13.9. The molecule has 1 aromatic rings. The lowest BCUT2D eigenvalue weighted by molar-refractivity contribution is -0.140. The minimum atomic E-state index is -0.133. The molecule has 1 atom stereocenters. The number of para-hydroxylation sites is 1. The van der Waals surface area contributed by atoms with Gasteiger partial charge in [0.05, 0.1) is 7.11 Å². The third kappa shape index (κ3) is 3.26. The average molecular weight is 262 g/mol. The molecule has 0 saturated carbocycles. The number of rotatable bonds is 6. The molecule has 1 unspecified atom stereocenters. The highest BCUT2D eigenvalue weighted by atomic mass is 16.5. The van der Waals surface area contributed by atoms with Crippen LogP contribution in [0, 0.1) is 0 Å². The van der Waals surface area contributed by atoms with E-state index in [1.54, 1.807) is 0 Å². The van der Waals surface area contributed by atoms with Crippen molar-refractivity contribution in [2.45, 2.75) is 25.2 Å². The standard InChI is InChI=1S/C15H22N2O2/c1-19-15(18)7-4-10-17-11-12(8-9-16)13-5-2-3-6-14(13)17/h2-3,5-6,12H,4,7-11,16H2,1H3. The predicted octanol–water partition coefficient (Wildman–Crippen LogP) is 1.89. The highest BCUT2D eigenvalue weighted by Crippen LogP contribution is 2.37. The van der Waals surface area contributed by atoms with E-state index in [4.69, 9.17) is 5.73 Å². The van der Waals surface area contributed by atoms with Gasteiger partial charge in [-0.15, -0.1) is 0 Å². The molecule has 0 fully saturated rings. The monoisotopic (exact) mass is 262 g/mol. The Hall–Kier alpha value is -1.55. The molecule has 4 nitrogen and oxygen atoms in total. The van der Waals surface area contributed by atoms with Crippen LogP contribution in [0.4, 0.5) is 5.69 Å². The number of hydrogen-bond acceptors (Lipinski definition) is 4. The molecular weight excluding hydrogens is 240 g/mol. The molecule has 104 valence electrons. The third-order valence-corrected chi connectivity index (χ3v) is 3.71. The number of carbonyl (C=O) groups is 1. The molecule has 1 aliphatic heterocycles. The van der Waals surface area contributed by atoms with Crippen molar-refractivity contribution in [3.05, 3.63) is 29.8 Å². The van der Waals surface area contributed by atoms with Gasteiger partial charge in [0.15, 0.2) is 0 Å². The number of nitrogens with zero attached hydrogens (tertiary/aromatic N) is 1. The first-order valence-electron chi connectivity index (χ1n) is 6.87. The molecule has 2 rings (SSSR count). The molecule has 19 heavy (non-hydrogen) atoms. The van der Waals surface area contributed by atoms with Crippen molar-refractivity contribution in [3.63, 3.8) is 0 Å².